The number of ether oxygens (including phenoxy) is 1. The Morgan fingerprint density at radius 3 is 2.70 bits per heavy atom. The summed E-state index contributed by atoms with van der Waals surface area (Å²) in [5.74, 6) is -1.86. The van der Waals surface area contributed by atoms with Crippen molar-refractivity contribution < 1.29 is 21.9 Å². The maximum atomic E-state index is 14.5. The van der Waals surface area contributed by atoms with Gasteiger partial charge in [-0.1, -0.05) is 23.7 Å². The maximum absolute atomic E-state index is 14.5. The first-order valence-corrected chi connectivity index (χ1v) is 10.7. The molecule has 0 saturated carbocycles. The average Bonchev–Trinajstić information content (AvgIpc) is 3.09. The molecular formula is C18H14ClF2NO3S2. The molecule has 9 heteroatoms. The van der Waals surface area contributed by atoms with Crippen LogP contribution in [0.3, 0.4) is 0 Å². The third-order valence-electron chi connectivity index (χ3n) is 3.76. The second-order valence-electron chi connectivity index (χ2n) is 5.77. The summed E-state index contributed by atoms with van der Waals surface area (Å²) >= 11 is 7.36. The minimum absolute atomic E-state index is 0.0291. The van der Waals surface area contributed by atoms with Crippen molar-refractivity contribution in [3.8, 4) is 5.75 Å². The molecule has 142 valence electrons. The molecule has 0 bridgehead atoms. The fraction of sp³-hybridized carbons (Fsp3) is 0.167. The second-order valence-corrected chi connectivity index (χ2v) is 8.85. The third kappa shape index (κ3) is 4.63. The fourth-order valence-electron chi connectivity index (χ4n) is 2.44. The number of aromatic nitrogens is 1. The molecule has 0 saturated heterocycles. The molecule has 1 atom stereocenters. The van der Waals surface area contributed by atoms with Crippen molar-refractivity contribution in [1.82, 2.24) is 4.98 Å². The van der Waals surface area contributed by atoms with Gasteiger partial charge in [0.1, 0.15) is 28.4 Å². The minimum atomic E-state index is -3.96. The predicted octanol–water partition coefficient (Wildman–Crippen LogP) is 5.19. The Bertz CT molecular complexity index is 1060. The van der Waals surface area contributed by atoms with Crippen LogP contribution in [0, 0.1) is 11.6 Å². The molecule has 0 unspecified atom stereocenters. The van der Waals surface area contributed by atoms with Gasteiger partial charge in [-0.05, 0) is 30.7 Å². The first-order chi connectivity index (χ1) is 12.8. The number of hydrogen-bond donors (Lipinski definition) is 0. The molecule has 1 aromatic heterocycles. The number of halogens is 3. The van der Waals surface area contributed by atoms with E-state index in [4.69, 9.17) is 16.3 Å². The van der Waals surface area contributed by atoms with E-state index in [0.717, 1.165) is 12.1 Å². The highest BCUT2D eigenvalue weighted by atomic mass is 35.5. The molecule has 27 heavy (non-hydrogen) atoms. The summed E-state index contributed by atoms with van der Waals surface area (Å²) in [7, 11) is -3.96. The Hall–Kier alpha value is -2.03. The lowest BCUT2D eigenvalue weighted by Gasteiger charge is -2.17. The normalized spacial score (nSPS) is 12.7. The molecule has 0 N–H and O–H groups in total. The summed E-state index contributed by atoms with van der Waals surface area (Å²) in [6, 6.07) is 7.72. The Balaban J connectivity index is 1.86. The smallest absolute Gasteiger partial charge is 0.187 e. The van der Waals surface area contributed by atoms with Crippen LogP contribution in [0.4, 0.5) is 8.78 Å². The van der Waals surface area contributed by atoms with Gasteiger partial charge in [0.05, 0.1) is 22.0 Å². The Morgan fingerprint density at radius 2 is 2.04 bits per heavy atom. The molecule has 0 spiro atoms. The fourth-order valence-corrected chi connectivity index (χ4v) is 4.73. The minimum Gasteiger partial charge on any atom is -0.484 e. The van der Waals surface area contributed by atoms with E-state index < -0.39 is 38.2 Å². The molecule has 0 amide bonds. The zero-order chi connectivity index (χ0) is 19.6. The number of rotatable bonds is 6. The van der Waals surface area contributed by atoms with Crippen molar-refractivity contribution in [2.75, 3.05) is 0 Å². The molecule has 3 rings (SSSR count). The predicted molar refractivity (Wildman–Crippen MR) is 99.9 cm³/mol. The quantitative estimate of drug-likeness (QED) is 0.541. The first kappa shape index (κ1) is 19.7. The van der Waals surface area contributed by atoms with E-state index in [1.165, 1.54) is 35.0 Å². The molecule has 0 aliphatic rings. The molecule has 3 aromatic rings. The van der Waals surface area contributed by atoms with Gasteiger partial charge in [0.15, 0.2) is 9.84 Å². The van der Waals surface area contributed by atoms with Gasteiger partial charge in [0.25, 0.3) is 0 Å². The van der Waals surface area contributed by atoms with E-state index in [1.54, 1.807) is 18.4 Å². The summed E-state index contributed by atoms with van der Waals surface area (Å²) in [5.41, 5.74) is 2.36. The van der Waals surface area contributed by atoms with E-state index in [-0.39, 0.29) is 10.8 Å². The zero-order valence-electron chi connectivity index (χ0n) is 14.0. The molecule has 0 fully saturated rings. The van der Waals surface area contributed by atoms with E-state index in [2.05, 4.69) is 4.98 Å². The zero-order valence-corrected chi connectivity index (χ0v) is 16.4. The van der Waals surface area contributed by atoms with Gasteiger partial charge in [0.2, 0.25) is 0 Å². The topological polar surface area (TPSA) is 56.3 Å². The van der Waals surface area contributed by atoms with Crippen LogP contribution in [0.1, 0.15) is 24.3 Å². The van der Waals surface area contributed by atoms with E-state index in [9.17, 15) is 17.2 Å². The molecular weight excluding hydrogens is 416 g/mol. The van der Waals surface area contributed by atoms with Crippen LogP contribution in [0.25, 0.3) is 0 Å². The molecule has 0 radical (unpaired) electrons. The first-order valence-electron chi connectivity index (χ1n) is 7.77. The van der Waals surface area contributed by atoms with Crippen molar-refractivity contribution >= 4 is 32.8 Å². The Labute approximate surface area is 164 Å². The van der Waals surface area contributed by atoms with Gasteiger partial charge in [-0.15, -0.1) is 11.3 Å². The van der Waals surface area contributed by atoms with Crippen LogP contribution >= 0.6 is 22.9 Å². The summed E-state index contributed by atoms with van der Waals surface area (Å²) < 4.78 is 58.3. The average molecular weight is 430 g/mol. The SMILES string of the molecule is C[C@H](Oc1cc(F)c(S(=O)(=O)Cc2cscn2)cc1Cl)c1cccc(F)c1. The lowest BCUT2D eigenvalue weighted by molar-refractivity contribution is 0.225. The van der Waals surface area contributed by atoms with Gasteiger partial charge < -0.3 is 4.74 Å². The van der Waals surface area contributed by atoms with Crippen molar-refractivity contribution in [3.63, 3.8) is 0 Å². The van der Waals surface area contributed by atoms with Gasteiger partial charge in [-0.25, -0.2) is 22.2 Å². The van der Waals surface area contributed by atoms with Crippen LogP contribution in [0.15, 0.2) is 52.2 Å². The summed E-state index contributed by atoms with van der Waals surface area (Å²) in [5, 5.41) is 1.52. The maximum Gasteiger partial charge on any atom is 0.187 e. The van der Waals surface area contributed by atoms with Gasteiger partial charge in [-0.3, -0.25) is 0 Å². The lowest BCUT2D eigenvalue weighted by atomic mass is 10.1. The van der Waals surface area contributed by atoms with Crippen LogP contribution in [-0.2, 0) is 15.6 Å². The highest BCUT2D eigenvalue weighted by Gasteiger charge is 2.24. The summed E-state index contributed by atoms with van der Waals surface area (Å²) in [6.07, 6.45) is -0.616. The molecule has 0 aliphatic carbocycles. The summed E-state index contributed by atoms with van der Waals surface area (Å²) in [4.78, 5) is 3.38. The highest BCUT2D eigenvalue weighted by molar-refractivity contribution is 7.90. The molecule has 2 aromatic carbocycles. The molecule has 4 nitrogen and oxygen atoms in total. The number of sulfone groups is 1. The van der Waals surface area contributed by atoms with Gasteiger partial charge in [0, 0.05) is 11.4 Å². The number of thiazole rings is 1. The van der Waals surface area contributed by atoms with Gasteiger partial charge >= 0.3 is 0 Å². The van der Waals surface area contributed by atoms with E-state index in [0.29, 0.717) is 11.3 Å². The number of benzene rings is 2. The van der Waals surface area contributed by atoms with Gasteiger partial charge in [-0.2, -0.15) is 0 Å². The second kappa shape index (κ2) is 7.92. The lowest BCUT2D eigenvalue weighted by Crippen LogP contribution is -2.09. The number of nitrogens with zero attached hydrogens (tertiary/aromatic N) is 1. The standard InChI is InChI=1S/C18H14ClF2NO3S2/c1-11(12-3-2-4-13(20)5-12)25-17-7-16(21)18(6-15(17)19)27(23,24)9-14-8-26-10-22-14/h2-8,10-11H,9H2,1H3/t11-/m0/s1. The van der Waals surface area contributed by atoms with Crippen LogP contribution in [-0.4, -0.2) is 13.4 Å². The van der Waals surface area contributed by atoms with Crippen LogP contribution in [0.5, 0.6) is 5.75 Å². The van der Waals surface area contributed by atoms with Crippen LogP contribution in [0.2, 0.25) is 5.02 Å². The van der Waals surface area contributed by atoms with E-state index >= 15 is 0 Å². The Kier molecular flexibility index (Phi) is 5.78. The van der Waals surface area contributed by atoms with Crippen LogP contribution < -0.4 is 4.74 Å². The molecule has 1 heterocycles. The summed E-state index contributed by atoms with van der Waals surface area (Å²) in [6.45, 7) is 1.65. The van der Waals surface area contributed by atoms with Crippen molar-refractivity contribution in [2.24, 2.45) is 0 Å². The monoisotopic (exact) mass is 429 g/mol. The molecule has 0 aliphatic heterocycles. The Morgan fingerprint density at radius 1 is 1.26 bits per heavy atom. The number of hydrogen-bond acceptors (Lipinski definition) is 5. The van der Waals surface area contributed by atoms with Crippen molar-refractivity contribution in [3.05, 3.63) is 75.2 Å². The largest absolute Gasteiger partial charge is 0.484 e. The van der Waals surface area contributed by atoms with Crippen molar-refractivity contribution in [1.29, 1.82) is 0 Å². The van der Waals surface area contributed by atoms with Crippen molar-refractivity contribution in [2.45, 2.75) is 23.7 Å². The third-order valence-corrected chi connectivity index (χ3v) is 6.35. The highest BCUT2D eigenvalue weighted by Crippen LogP contribution is 2.34. The van der Waals surface area contributed by atoms with E-state index in [1.807, 2.05) is 0 Å².